The molecule has 2 bridgehead atoms. The van der Waals surface area contributed by atoms with Crippen LogP contribution in [0.1, 0.15) is 36.0 Å². The molecular formula is C15H20N2O2. The molecule has 2 fully saturated rings. The van der Waals surface area contributed by atoms with Crippen molar-refractivity contribution in [3.63, 3.8) is 0 Å². The van der Waals surface area contributed by atoms with Crippen LogP contribution in [0.15, 0.2) is 18.2 Å². The summed E-state index contributed by atoms with van der Waals surface area (Å²) in [5, 5.41) is 3.14. The smallest absolute Gasteiger partial charge is 0.253 e. The summed E-state index contributed by atoms with van der Waals surface area (Å²) < 4.78 is 5.14. The van der Waals surface area contributed by atoms with Crippen LogP contribution in [0.4, 0.5) is 5.69 Å². The normalized spacial score (nSPS) is 28.4. The highest BCUT2D eigenvalue weighted by molar-refractivity contribution is 5.99. The third-order valence-electron chi connectivity index (χ3n) is 4.56. The highest BCUT2D eigenvalue weighted by Gasteiger charge is 2.40. The zero-order chi connectivity index (χ0) is 13.4. The minimum Gasteiger partial charge on any atom is -0.497 e. The number of anilines is 1. The fourth-order valence-corrected chi connectivity index (χ4v) is 3.53. The van der Waals surface area contributed by atoms with Gasteiger partial charge in [0, 0.05) is 11.7 Å². The first-order chi connectivity index (χ1) is 9.17. The van der Waals surface area contributed by atoms with E-state index in [1.54, 1.807) is 25.3 Å². The summed E-state index contributed by atoms with van der Waals surface area (Å²) in [7, 11) is 1.59. The lowest BCUT2D eigenvalue weighted by molar-refractivity contribution is 0.0923. The van der Waals surface area contributed by atoms with E-state index >= 15 is 0 Å². The van der Waals surface area contributed by atoms with E-state index in [4.69, 9.17) is 10.5 Å². The van der Waals surface area contributed by atoms with Gasteiger partial charge >= 0.3 is 0 Å². The SMILES string of the molecule is COc1ccc(N)c(C(=O)NC2CC3CCC2C3)c1. The van der Waals surface area contributed by atoms with Crippen LogP contribution >= 0.6 is 0 Å². The van der Waals surface area contributed by atoms with E-state index in [9.17, 15) is 4.79 Å². The van der Waals surface area contributed by atoms with Gasteiger partial charge in [0.15, 0.2) is 0 Å². The molecule has 0 radical (unpaired) electrons. The number of amides is 1. The van der Waals surface area contributed by atoms with Gasteiger partial charge in [-0.05, 0) is 49.3 Å². The van der Waals surface area contributed by atoms with Crippen molar-refractivity contribution < 1.29 is 9.53 Å². The van der Waals surface area contributed by atoms with Gasteiger partial charge in [-0.25, -0.2) is 0 Å². The van der Waals surface area contributed by atoms with E-state index in [0.29, 0.717) is 29.0 Å². The summed E-state index contributed by atoms with van der Waals surface area (Å²) in [5.74, 6) is 2.07. The predicted molar refractivity (Wildman–Crippen MR) is 74.1 cm³/mol. The molecule has 1 aromatic carbocycles. The van der Waals surface area contributed by atoms with Crippen LogP contribution in [0.25, 0.3) is 0 Å². The molecule has 19 heavy (non-hydrogen) atoms. The molecule has 2 aliphatic carbocycles. The fourth-order valence-electron chi connectivity index (χ4n) is 3.53. The molecule has 2 saturated carbocycles. The Morgan fingerprint density at radius 3 is 2.84 bits per heavy atom. The largest absolute Gasteiger partial charge is 0.497 e. The molecule has 4 heteroatoms. The number of carbonyl (C=O) groups is 1. The van der Waals surface area contributed by atoms with E-state index in [-0.39, 0.29) is 5.91 Å². The number of benzene rings is 1. The van der Waals surface area contributed by atoms with Crippen LogP contribution in [0.5, 0.6) is 5.75 Å². The lowest BCUT2D eigenvalue weighted by Gasteiger charge is -2.23. The Balaban J connectivity index is 1.73. The van der Waals surface area contributed by atoms with Crippen molar-refractivity contribution in [3.05, 3.63) is 23.8 Å². The van der Waals surface area contributed by atoms with Crippen LogP contribution in [0, 0.1) is 11.8 Å². The van der Waals surface area contributed by atoms with Crippen LogP contribution in [-0.4, -0.2) is 19.1 Å². The number of methoxy groups -OCH3 is 1. The van der Waals surface area contributed by atoms with Crippen LogP contribution in [-0.2, 0) is 0 Å². The molecule has 102 valence electrons. The molecule has 3 unspecified atom stereocenters. The summed E-state index contributed by atoms with van der Waals surface area (Å²) in [6.07, 6.45) is 4.99. The second-order valence-electron chi connectivity index (χ2n) is 5.71. The van der Waals surface area contributed by atoms with Gasteiger partial charge in [0.25, 0.3) is 5.91 Å². The Hall–Kier alpha value is -1.71. The van der Waals surface area contributed by atoms with Gasteiger partial charge in [-0.2, -0.15) is 0 Å². The third-order valence-corrected chi connectivity index (χ3v) is 4.56. The van der Waals surface area contributed by atoms with E-state index < -0.39 is 0 Å². The third kappa shape index (κ3) is 2.27. The zero-order valence-electron chi connectivity index (χ0n) is 11.2. The Morgan fingerprint density at radius 2 is 2.21 bits per heavy atom. The van der Waals surface area contributed by atoms with Crippen molar-refractivity contribution >= 4 is 11.6 Å². The number of nitrogen functional groups attached to an aromatic ring is 1. The Kier molecular flexibility index (Phi) is 3.09. The molecular weight excluding hydrogens is 240 g/mol. The molecule has 1 amide bonds. The second kappa shape index (κ2) is 4.76. The number of hydrogen-bond donors (Lipinski definition) is 2. The van der Waals surface area contributed by atoms with E-state index in [0.717, 1.165) is 12.3 Å². The van der Waals surface area contributed by atoms with Crippen molar-refractivity contribution in [2.75, 3.05) is 12.8 Å². The molecule has 0 spiro atoms. The lowest BCUT2D eigenvalue weighted by Crippen LogP contribution is -2.38. The van der Waals surface area contributed by atoms with Gasteiger partial charge in [-0.1, -0.05) is 6.42 Å². The first-order valence-electron chi connectivity index (χ1n) is 6.91. The molecule has 0 aromatic heterocycles. The quantitative estimate of drug-likeness (QED) is 0.819. The average Bonchev–Trinajstić information content (AvgIpc) is 3.01. The lowest BCUT2D eigenvalue weighted by atomic mass is 9.95. The fraction of sp³-hybridized carbons (Fsp3) is 0.533. The van der Waals surface area contributed by atoms with Gasteiger partial charge < -0.3 is 15.8 Å². The first-order valence-corrected chi connectivity index (χ1v) is 6.91. The molecule has 2 aliphatic rings. The number of nitrogens with two attached hydrogens (primary N) is 1. The van der Waals surface area contributed by atoms with Gasteiger partial charge in [0.05, 0.1) is 12.7 Å². The van der Waals surface area contributed by atoms with Crippen molar-refractivity contribution in [1.29, 1.82) is 0 Å². The van der Waals surface area contributed by atoms with Crippen molar-refractivity contribution in [2.24, 2.45) is 11.8 Å². The van der Waals surface area contributed by atoms with Crippen LogP contribution in [0.3, 0.4) is 0 Å². The van der Waals surface area contributed by atoms with E-state index in [2.05, 4.69) is 5.32 Å². The van der Waals surface area contributed by atoms with Crippen LogP contribution in [0.2, 0.25) is 0 Å². The molecule has 3 rings (SSSR count). The summed E-state index contributed by atoms with van der Waals surface area (Å²) in [6, 6.07) is 5.52. The number of fused-ring (bicyclic) bond motifs is 2. The van der Waals surface area contributed by atoms with Gasteiger partial charge in [0.2, 0.25) is 0 Å². The molecule has 3 N–H and O–H groups in total. The standard InChI is InChI=1S/C15H20N2O2/c1-19-11-4-5-13(16)12(8-11)15(18)17-14-7-9-2-3-10(14)6-9/h4-5,8-10,14H,2-3,6-7,16H2,1H3,(H,17,18). The van der Waals surface area contributed by atoms with Crippen LogP contribution < -0.4 is 15.8 Å². The summed E-state index contributed by atoms with van der Waals surface area (Å²) >= 11 is 0. The number of hydrogen-bond acceptors (Lipinski definition) is 3. The van der Waals surface area contributed by atoms with E-state index in [1.165, 1.54) is 19.3 Å². The maximum Gasteiger partial charge on any atom is 0.253 e. The van der Waals surface area contributed by atoms with Gasteiger partial charge in [0.1, 0.15) is 5.75 Å². The van der Waals surface area contributed by atoms with Crippen molar-refractivity contribution in [2.45, 2.75) is 31.7 Å². The minimum absolute atomic E-state index is 0.0750. The molecule has 4 nitrogen and oxygen atoms in total. The highest BCUT2D eigenvalue weighted by atomic mass is 16.5. The number of ether oxygens (including phenoxy) is 1. The summed E-state index contributed by atoms with van der Waals surface area (Å²) in [4.78, 5) is 12.3. The molecule has 1 aromatic rings. The van der Waals surface area contributed by atoms with E-state index in [1.807, 2.05) is 0 Å². The Labute approximate surface area is 113 Å². The van der Waals surface area contributed by atoms with Crippen molar-refractivity contribution in [1.82, 2.24) is 5.32 Å². The zero-order valence-corrected chi connectivity index (χ0v) is 11.2. The summed E-state index contributed by atoms with van der Waals surface area (Å²) in [6.45, 7) is 0. The number of nitrogens with one attached hydrogen (secondary N) is 1. The minimum atomic E-state index is -0.0750. The highest BCUT2D eigenvalue weighted by Crippen LogP contribution is 2.44. The number of carbonyl (C=O) groups excluding carboxylic acids is 1. The Bertz CT molecular complexity index is 501. The molecule has 0 heterocycles. The average molecular weight is 260 g/mol. The maximum absolute atomic E-state index is 12.3. The number of rotatable bonds is 3. The maximum atomic E-state index is 12.3. The topological polar surface area (TPSA) is 64.3 Å². The Morgan fingerprint density at radius 1 is 1.37 bits per heavy atom. The first kappa shape index (κ1) is 12.3. The molecule has 0 saturated heterocycles. The molecule has 0 aliphatic heterocycles. The van der Waals surface area contributed by atoms with Gasteiger partial charge in [-0.3, -0.25) is 4.79 Å². The van der Waals surface area contributed by atoms with Crippen molar-refractivity contribution in [3.8, 4) is 5.75 Å². The van der Waals surface area contributed by atoms with Gasteiger partial charge in [-0.15, -0.1) is 0 Å². The second-order valence-corrected chi connectivity index (χ2v) is 5.71. The molecule has 3 atom stereocenters. The predicted octanol–water partition coefficient (Wildman–Crippen LogP) is 2.20. The monoisotopic (exact) mass is 260 g/mol. The summed E-state index contributed by atoms with van der Waals surface area (Å²) in [5.41, 5.74) is 6.90.